The molecule has 2 N–H and O–H groups in total. The zero-order valence-corrected chi connectivity index (χ0v) is 23.7. The van der Waals surface area contributed by atoms with Crippen molar-refractivity contribution in [3.8, 4) is 0 Å². The summed E-state index contributed by atoms with van der Waals surface area (Å²) in [5, 5.41) is 35.2. The maximum Gasteiger partial charge on any atom is 0.325 e. The summed E-state index contributed by atoms with van der Waals surface area (Å²) < 4.78 is 14.7. The molecule has 0 bridgehead atoms. The van der Waals surface area contributed by atoms with E-state index < -0.39 is 53.4 Å². The van der Waals surface area contributed by atoms with Gasteiger partial charge in [0.1, 0.15) is 31.0 Å². The van der Waals surface area contributed by atoms with Gasteiger partial charge in [0.15, 0.2) is 6.10 Å². The number of aldehydes is 1. The highest BCUT2D eigenvalue weighted by atomic mass is 16.6. The third-order valence-electron chi connectivity index (χ3n) is 4.00. The molecule has 0 saturated heterocycles. The Bertz CT molecular complexity index is 741. The Hall–Kier alpha value is -2.89. The van der Waals surface area contributed by atoms with Crippen molar-refractivity contribution in [2.24, 2.45) is 9.98 Å². The molecular formula is C26H49N3O9-2. The number of nitrogens with zero attached hydrogens (tertiary/aromatic N) is 2. The number of aliphatic hydroxyl groups is 1. The van der Waals surface area contributed by atoms with Crippen LogP contribution in [-0.4, -0.2) is 78.0 Å². The number of carbonyl (C=O) groups excluding carboxylic acids is 3. The third-order valence-corrected chi connectivity index (χ3v) is 4.00. The fraction of sp³-hybridized carbons (Fsp3) is 0.808. The second kappa shape index (κ2) is 20.1. The molecule has 0 radical (unpaired) electrons. The quantitative estimate of drug-likeness (QED) is 0.157. The number of hydrogen-bond donors (Lipinski definition) is 2. The van der Waals surface area contributed by atoms with Crippen LogP contribution in [0.2, 0.25) is 0 Å². The molecule has 224 valence electrons. The van der Waals surface area contributed by atoms with E-state index in [0.717, 1.165) is 6.42 Å². The van der Waals surface area contributed by atoms with Gasteiger partial charge in [0.05, 0.1) is 12.6 Å². The van der Waals surface area contributed by atoms with Crippen molar-refractivity contribution in [1.82, 2.24) is 5.32 Å². The first-order chi connectivity index (χ1) is 17.0. The minimum atomic E-state index is -1.54. The molecule has 0 aromatic carbocycles. The Morgan fingerprint density at radius 3 is 1.79 bits per heavy atom. The van der Waals surface area contributed by atoms with Crippen molar-refractivity contribution in [2.45, 2.75) is 125 Å². The zero-order valence-electron chi connectivity index (χ0n) is 23.7. The van der Waals surface area contributed by atoms with Gasteiger partial charge in [0.25, 0.3) is 5.91 Å². The molecule has 3 unspecified atom stereocenters. The molecule has 0 saturated carbocycles. The van der Waals surface area contributed by atoms with E-state index in [1.807, 2.05) is 13.8 Å². The summed E-state index contributed by atoms with van der Waals surface area (Å²) in [4.78, 5) is 40.9. The van der Waals surface area contributed by atoms with Gasteiger partial charge in [-0.2, -0.15) is 0 Å². The van der Waals surface area contributed by atoms with E-state index in [1.165, 1.54) is 0 Å². The van der Waals surface area contributed by atoms with Gasteiger partial charge in [-0.1, -0.05) is 75.7 Å². The van der Waals surface area contributed by atoms with Gasteiger partial charge in [-0.3, -0.25) is 19.6 Å². The van der Waals surface area contributed by atoms with Crippen LogP contribution in [-0.2, 0) is 28.6 Å². The lowest BCUT2D eigenvalue weighted by Gasteiger charge is -2.30. The lowest BCUT2D eigenvalue weighted by Crippen LogP contribution is -2.44. The molecule has 0 aromatic heterocycles. The average molecular weight is 548 g/mol. The number of aliphatic imine (C=N–C) groups is 2. The molecule has 0 aliphatic heterocycles. The van der Waals surface area contributed by atoms with Crippen molar-refractivity contribution in [2.75, 3.05) is 13.2 Å². The molecule has 0 heterocycles. The van der Waals surface area contributed by atoms with E-state index in [4.69, 9.17) is 9.47 Å². The van der Waals surface area contributed by atoms with Gasteiger partial charge in [-0.25, -0.2) is 0 Å². The summed E-state index contributed by atoms with van der Waals surface area (Å²) in [6, 6.07) is -1.49. The van der Waals surface area contributed by atoms with Crippen LogP contribution in [0.25, 0.3) is 0 Å². The fourth-order valence-corrected chi connectivity index (χ4v) is 2.55. The van der Waals surface area contributed by atoms with Gasteiger partial charge >= 0.3 is 5.97 Å². The number of amides is 1. The molecule has 0 fully saturated rings. The van der Waals surface area contributed by atoms with Crippen LogP contribution >= 0.6 is 0 Å². The molecular weight excluding hydrogens is 498 g/mol. The van der Waals surface area contributed by atoms with E-state index in [-0.39, 0.29) is 20.6 Å². The molecule has 0 aromatic rings. The molecule has 12 heteroatoms. The van der Waals surface area contributed by atoms with Crippen molar-refractivity contribution < 1.29 is 43.9 Å². The molecule has 3 atom stereocenters. The van der Waals surface area contributed by atoms with Gasteiger partial charge in [0, 0.05) is 11.2 Å². The van der Waals surface area contributed by atoms with Crippen LogP contribution in [0.4, 0.5) is 0 Å². The van der Waals surface area contributed by atoms with Gasteiger partial charge < -0.3 is 39.6 Å². The van der Waals surface area contributed by atoms with Crippen LogP contribution in [0.5, 0.6) is 0 Å². The number of nitrogens with one attached hydrogen (secondary N) is 1. The maximum atomic E-state index is 11.9. The lowest BCUT2D eigenvalue weighted by atomic mass is 10.1. The van der Waals surface area contributed by atoms with E-state index in [1.54, 1.807) is 48.5 Å². The van der Waals surface area contributed by atoms with E-state index in [0.29, 0.717) is 25.5 Å². The predicted molar refractivity (Wildman–Crippen MR) is 142 cm³/mol. The average Bonchev–Trinajstić information content (AvgIpc) is 2.74. The number of rotatable bonds is 12. The minimum absolute atomic E-state index is 0. The zero-order chi connectivity index (χ0) is 29.2. The standard InChI is InChI=1S/C15H28N2O6.C10H19NO3.CH4/c1-6-8-10(17-14(21)23-15(3,4)5)12(19)13(20)16-9-11(18)22-7-2;1-5-6-8(7-12)11-9(13)14-10(2,3)4;/h10,12,19H,6-9H2,1-5H3,(H,16,20)(H,17,21);7-8H,5-6H2,1-4H3,(H,11,13);1H4/p-2. The number of ether oxygens (including phenoxy) is 3. The second-order valence-electron chi connectivity index (χ2n) is 10.0. The summed E-state index contributed by atoms with van der Waals surface area (Å²) in [6.07, 6.45) is -0.0358. The van der Waals surface area contributed by atoms with Crippen LogP contribution in [0.15, 0.2) is 9.98 Å². The first kappa shape index (κ1) is 39.6. The molecule has 0 rings (SSSR count). The van der Waals surface area contributed by atoms with E-state index >= 15 is 0 Å². The molecule has 1 amide bonds. The Morgan fingerprint density at radius 2 is 1.39 bits per heavy atom. The highest BCUT2D eigenvalue weighted by Crippen LogP contribution is 2.11. The van der Waals surface area contributed by atoms with Gasteiger partial charge in [-0.05, 0) is 19.8 Å². The monoisotopic (exact) mass is 547 g/mol. The van der Waals surface area contributed by atoms with Gasteiger partial charge in [-0.15, -0.1) is 0 Å². The number of carbonyl (C=O) groups is 3. The van der Waals surface area contributed by atoms with Crippen LogP contribution in [0, 0.1) is 0 Å². The predicted octanol–water partition coefficient (Wildman–Crippen LogP) is 1.25. The van der Waals surface area contributed by atoms with Crippen LogP contribution in [0.3, 0.4) is 0 Å². The first-order valence-corrected chi connectivity index (χ1v) is 12.4. The van der Waals surface area contributed by atoms with E-state index in [9.17, 15) is 29.7 Å². The van der Waals surface area contributed by atoms with Gasteiger partial charge in [0.2, 0.25) is 0 Å². The van der Waals surface area contributed by atoms with Crippen molar-refractivity contribution in [3.63, 3.8) is 0 Å². The van der Waals surface area contributed by atoms with Crippen LogP contribution in [0.1, 0.15) is 95.4 Å². The van der Waals surface area contributed by atoms with Crippen molar-refractivity contribution in [1.29, 1.82) is 0 Å². The smallest absolute Gasteiger partial charge is 0.325 e. The number of esters is 1. The summed E-state index contributed by atoms with van der Waals surface area (Å²) in [5.41, 5.74) is -1.27. The fourth-order valence-electron chi connectivity index (χ4n) is 2.55. The SMILES string of the molecule is C.CCCC(C=O)N=C([O-])OC(C)(C)C.CCCC(N=C([O-])OC(C)(C)C)C(O)C(=O)NCC(=O)OCC. The highest BCUT2D eigenvalue weighted by molar-refractivity contribution is 5.85. The van der Waals surface area contributed by atoms with Crippen molar-refractivity contribution in [3.05, 3.63) is 0 Å². The normalized spacial score (nSPS) is 14.5. The maximum absolute atomic E-state index is 11.9. The largest absolute Gasteiger partial charge is 0.595 e. The molecule has 0 aliphatic carbocycles. The Morgan fingerprint density at radius 1 is 0.921 bits per heavy atom. The third kappa shape index (κ3) is 22.3. The lowest BCUT2D eigenvalue weighted by molar-refractivity contribution is -0.262. The Labute approximate surface area is 227 Å². The minimum Gasteiger partial charge on any atom is -0.595 e. The number of hydrogen-bond acceptors (Lipinski definition) is 11. The number of aliphatic hydroxyl groups excluding tert-OH is 1. The summed E-state index contributed by atoms with van der Waals surface area (Å²) in [6.45, 7) is 15.6. The summed E-state index contributed by atoms with van der Waals surface area (Å²) in [7, 11) is 0. The van der Waals surface area contributed by atoms with Crippen LogP contribution < -0.4 is 15.5 Å². The Balaban J connectivity index is -0.000000703. The molecule has 0 aliphatic rings. The molecule has 12 nitrogen and oxygen atoms in total. The first-order valence-electron chi connectivity index (χ1n) is 12.4. The second-order valence-corrected chi connectivity index (χ2v) is 10.0. The Kier molecular flexibility index (Phi) is 21.0. The molecule has 38 heavy (non-hydrogen) atoms. The summed E-state index contributed by atoms with van der Waals surface area (Å²) >= 11 is 0. The molecule has 0 spiro atoms. The highest BCUT2D eigenvalue weighted by Gasteiger charge is 2.25. The topological polar surface area (TPSA) is 182 Å². The summed E-state index contributed by atoms with van der Waals surface area (Å²) in [5.74, 6) is -1.40. The van der Waals surface area contributed by atoms with E-state index in [2.05, 4.69) is 20.0 Å². The van der Waals surface area contributed by atoms with Crippen molar-refractivity contribution >= 4 is 30.3 Å².